The molecule has 0 radical (unpaired) electrons. The van der Waals surface area contributed by atoms with Crippen LogP contribution in [0.15, 0.2) is 24.3 Å². The van der Waals surface area contributed by atoms with Crippen LogP contribution < -0.4 is 10.7 Å². The summed E-state index contributed by atoms with van der Waals surface area (Å²) in [4.78, 5) is 11.4. The van der Waals surface area contributed by atoms with Gasteiger partial charge in [-0.3, -0.25) is 5.43 Å². The van der Waals surface area contributed by atoms with E-state index in [0.29, 0.717) is 0 Å². The van der Waals surface area contributed by atoms with Crippen molar-refractivity contribution in [3.63, 3.8) is 0 Å². The van der Waals surface area contributed by atoms with Crippen LogP contribution in [-0.4, -0.2) is 25.1 Å². The minimum atomic E-state index is -0.221. The van der Waals surface area contributed by atoms with Crippen molar-refractivity contribution < 1.29 is 4.79 Å². The van der Waals surface area contributed by atoms with Crippen molar-refractivity contribution in [2.75, 3.05) is 19.4 Å². The molecule has 0 aliphatic rings. The molecule has 4 nitrogen and oxygen atoms in total. The topological polar surface area (TPSA) is 44.4 Å². The van der Waals surface area contributed by atoms with Crippen LogP contribution in [0, 0.1) is 0 Å². The maximum atomic E-state index is 11.4. The molecule has 0 aliphatic carbocycles. The Balaban J connectivity index is 2.67. The van der Waals surface area contributed by atoms with Crippen LogP contribution in [-0.2, 0) is 6.42 Å². The van der Waals surface area contributed by atoms with Gasteiger partial charge in [-0.1, -0.05) is 25.1 Å². The van der Waals surface area contributed by atoms with E-state index in [-0.39, 0.29) is 6.03 Å². The van der Waals surface area contributed by atoms with Gasteiger partial charge < -0.3 is 5.32 Å². The fourth-order valence-electron chi connectivity index (χ4n) is 1.30. The number of hydrogen-bond acceptors (Lipinski definition) is 2. The number of carbonyl (C=O) groups excluding carboxylic acids is 1. The van der Waals surface area contributed by atoms with Gasteiger partial charge in [0.15, 0.2) is 0 Å². The Labute approximate surface area is 90.2 Å². The zero-order valence-electron chi connectivity index (χ0n) is 9.37. The lowest BCUT2D eigenvalue weighted by atomic mass is 10.1. The molecule has 2 amide bonds. The Kier molecular flexibility index (Phi) is 4.12. The van der Waals surface area contributed by atoms with E-state index in [2.05, 4.69) is 17.7 Å². The summed E-state index contributed by atoms with van der Waals surface area (Å²) in [6, 6.07) is 7.55. The third kappa shape index (κ3) is 3.59. The first-order chi connectivity index (χ1) is 7.13. The summed E-state index contributed by atoms with van der Waals surface area (Å²) >= 11 is 0. The number of rotatable bonds is 3. The Bertz CT molecular complexity index is 336. The zero-order valence-corrected chi connectivity index (χ0v) is 9.37. The third-order valence-corrected chi connectivity index (χ3v) is 1.97. The van der Waals surface area contributed by atoms with Crippen LogP contribution in [0.3, 0.4) is 0 Å². The second kappa shape index (κ2) is 5.36. The molecule has 0 bridgehead atoms. The second-order valence-electron chi connectivity index (χ2n) is 3.47. The molecule has 2 N–H and O–H groups in total. The largest absolute Gasteiger partial charge is 0.333 e. The fraction of sp³-hybridized carbons (Fsp3) is 0.364. The lowest BCUT2D eigenvalue weighted by molar-refractivity contribution is 0.224. The van der Waals surface area contributed by atoms with Crippen LogP contribution in [0.4, 0.5) is 10.5 Å². The number of amides is 2. The average Bonchev–Trinajstić information content (AvgIpc) is 2.17. The number of urea groups is 1. The minimum Gasteiger partial charge on any atom is -0.307 e. The highest BCUT2D eigenvalue weighted by molar-refractivity contribution is 5.89. The van der Waals surface area contributed by atoms with Crippen LogP contribution in [0.25, 0.3) is 0 Å². The Morgan fingerprint density at radius 3 is 2.60 bits per heavy atom. The molecule has 0 unspecified atom stereocenters. The average molecular weight is 207 g/mol. The van der Waals surface area contributed by atoms with E-state index in [0.717, 1.165) is 17.7 Å². The summed E-state index contributed by atoms with van der Waals surface area (Å²) < 4.78 is 0. The van der Waals surface area contributed by atoms with Crippen molar-refractivity contribution in [3.8, 4) is 0 Å². The molecule has 0 saturated carbocycles. The highest BCUT2D eigenvalue weighted by atomic mass is 16.2. The van der Waals surface area contributed by atoms with Gasteiger partial charge in [0, 0.05) is 19.8 Å². The number of carbonyl (C=O) groups is 1. The molecule has 1 aromatic rings. The van der Waals surface area contributed by atoms with E-state index in [1.54, 1.807) is 19.1 Å². The Hall–Kier alpha value is -1.55. The van der Waals surface area contributed by atoms with Gasteiger partial charge in [-0.2, -0.15) is 0 Å². The van der Waals surface area contributed by atoms with E-state index in [1.807, 2.05) is 24.3 Å². The highest BCUT2D eigenvalue weighted by Crippen LogP contribution is 2.14. The SMILES string of the molecule is CCc1ccccc1NC(=O)NN(C)C. The van der Waals surface area contributed by atoms with Crippen LogP contribution in [0.1, 0.15) is 12.5 Å². The smallest absolute Gasteiger partial charge is 0.307 e. The molecule has 15 heavy (non-hydrogen) atoms. The Morgan fingerprint density at radius 1 is 1.33 bits per heavy atom. The van der Waals surface area contributed by atoms with Gasteiger partial charge in [0.2, 0.25) is 0 Å². The molecular weight excluding hydrogens is 190 g/mol. The van der Waals surface area contributed by atoms with Gasteiger partial charge in [-0.15, -0.1) is 0 Å². The molecule has 0 saturated heterocycles. The van der Waals surface area contributed by atoms with Crippen molar-refractivity contribution in [2.45, 2.75) is 13.3 Å². The van der Waals surface area contributed by atoms with Crippen molar-refractivity contribution >= 4 is 11.7 Å². The molecule has 82 valence electrons. The summed E-state index contributed by atoms with van der Waals surface area (Å²) in [5.41, 5.74) is 4.62. The number of nitrogens with one attached hydrogen (secondary N) is 2. The first kappa shape index (κ1) is 11.5. The minimum absolute atomic E-state index is 0.221. The molecule has 0 fully saturated rings. The fourth-order valence-corrected chi connectivity index (χ4v) is 1.30. The summed E-state index contributed by atoms with van der Waals surface area (Å²) in [7, 11) is 3.54. The monoisotopic (exact) mass is 207 g/mol. The molecule has 0 aromatic heterocycles. The predicted octanol–water partition coefficient (Wildman–Crippen LogP) is 1.85. The van der Waals surface area contributed by atoms with Crippen LogP contribution in [0.2, 0.25) is 0 Å². The van der Waals surface area contributed by atoms with E-state index in [9.17, 15) is 4.79 Å². The van der Waals surface area contributed by atoms with E-state index >= 15 is 0 Å². The number of hydrogen-bond donors (Lipinski definition) is 2. The lowest BCUT2D eigenvalue weighted by Crippen LogP contribution is -2.39. The van der Waals surface area contributed by atoms with Gasteiger partial charge in [0.25, 0.3) is 0 Å². The summed E-state index contributed by atoms with van der Waals surface area (Å²) in [6.45, 7) is 2.06. The standard InChI is InChI=1S/C11H17N3O/c1-4-9-7-5-6-8-10(9)12-11(15)13-14(2)3/h5-8H,4H2,1-3H3,(H2,12,13,15). The molecule has 0 atom stereocenters. The first-order valence-corrected chi connectivity index (χ1v) is 4.96. The third-order valence-electron chi connectivity index (χ3n) is 1.97. The van der Waals surface area contributed by atoms with Gasteiger partial charge in [0.1, 0.15) is 0 Å². The van der Waals surface area contributed by atoms with Gasteiger partial charge in [0.05, 0.1) is 0 Å². The number of benzene rings is 1. The molecule has 0 aliphatic heterocycles. The normalized spacial score (nSPS) is 10.1. The summed E-state index contributed by atoms with van der Waals surface area (Å²) in [5, 5.41) is 4.40. The first-order valence-electron chi connectivity index (χ1n) is 4.96. The van der Waals surface area contributed by atoms with Crippen molar-refractivity contribution in [3.05, 3.63) is 29.8 Å². The number of aryl methyl sites for hydroxylation is 1. The van der Waals surface area contributed by atoms with E-state index in [4.69, 9.17) is 0 Å². The summed E-state index contributed by atoms with van der Waals surface area (Å²) in [5.74, 6) is 0. The van der Waals surface area contributed by atoms with Crippen molar-refractivity contribution in [1.29, 1.82) is 0 Å². The van der Waals surface area contributed by atoms with Gasteiger partial charge in [-0.25, -0.2) is 9.80 Å². The van der Waals surface area contributed by atoms with E-state index < -0.39 is 0 Å². The Morgan fingerprint density at radius 2 is 2.00 bits per heavy atom. The molecule has 0 heterocycles. The van der Waals surface area contributed by atoms with Crippen molar-refractivity contribution in [1.82, 2.24) is 10.4 Å². The van der Waals surface area contributed by atoms with Crippen molar-refractivity contribution in [2.24, 2.45) is 0 Å². The number of hydrazine groups is 1. The number of anilines is 1. The second-order valence-corrected chi connectivity index (χ2v) is 3.47. The van der Waals surface area contributed by atoms with E-state index in [1.165, 1.54) is 0 Å². The summed E-state index contributed by atoms with van der Waals surface area (Å²) in [6.07, 6.45) is 0.901. The lowest BCUT2D eigenvalue weighted by Gasteiger charge is -2.14. The molecule has 4 heteroatoms. The van der Waals surface area contributed by atoms with Gasteiger partial charge >= 0.3 is 6.03 Å². The molecule has 1 rings (SSSR count). The quantitative estimate of drug-likeness (QED) is 0.743. The molecule has 1 aromatic carbocycles. The molecule has 0 spiro atoms. The highest BCUT2D eigenvalue weighted by Gasteiger charge is 2.04. The number of nitrogens with zero attached hydrogens (tertiary/aromatic N) is 1. The van der Waals surface area contributed by atoms with Crippen LogP contribution >= 0.6 is 0 Å². The van der Waals surface area contributed by atoms with Crippen LogP contribution in [0.5, 0.6) is 0 Å². The van der Waals surface area contributed by atoms with Gasteiger partial charge in [-0.05, 0) is 18.1 Å². The predicted molar refractivity (Wildman–Crippen MR) is 61.7 cm³/mol. The zero-order chi connectivity index (χ0) is 11.3. The number of para-hydroxylation sites is 1. The molecular formula is C11H17N3O. The maximum absolute atomic E-state index is 11.4. The maximum Gasteiger partial charge on any atom is 0.333 e.